The van der Waals surface area contributed by atoms with Gasteiger partial charge in [-0.25, -0.2) is 0 Å². The van der Waals surface area contributed by atoms with Crippen molar-refractivity contribution in [2.24, 2.45) is 0 Å². The molecule has 20 heavy (non-hydrogen) atoms. The second-order valence-corrected chi connectivity index (χ2v) is 7.15. The minimum Gasteiger partial charge on any atom is -0.376 e. The molecular formula is C14H21ClN2O2S. The lowest BCUT2D eigenvalue weighted by Crippen LogP contribution is -2.49. The molecule has 2 saturated heterocycles. The predicted octanol–water partition coefficient (Wildman–Crippen LogP) is 1.93. The Morgan fingerprint density at radius 3 is 2.60 bits per heavy atom. The minimum absolute atomic E-state index is 0.256. The Morgan fingerprint density at radius 1 is 1.15 bits per heavy atom. The Hall–Kier alpha value is -0.170. The van der Waals surface area contributed by atoms with Crippen molar-refractivity contribution in [2.75, 3.05) is 52.5 Å². The molecule has 112 valence electrons. The van der Waals surface area contributed by atoms with Crippen LogP contribution < -0.4 is 0 Å². The van der Waals surface area contributed by atoms with Gasteiger partial charge in [-0.3, -0.25) is 9.80 Å². The number of piperazine rings is 1. The summed E-state index contributed by atoms with van der Waals surface area (Å²) >= 11 is 7.66. The maximum absolute atomic E-state index is 5.98. The number of ether oxygens (including phenoxy) is 2. The first-order valence-electron chi connectivity index (χ1n) is 7.18. The van der Waals surface area contributed by atoms with Crippen molar-refractivity contribution < 1.29 is 9.47 Å². The van der Waals surface area contributed by atoms with Crippen LogP contribution in [0.5, 0.6) is 0 Å². The smallest absolute Gasteiger partial charge is 0.0936 e. The van der Waals surface area contributed by atoms with Gasteiger partial charge in [0.1, 0.15) is 0 Å². The topological polar surface area (TPSA) is 24.9 Å². The summed E-state index contributed by atoms with van der Waals surface area (Å²) in [6.45, 7) is 8.70. The molecule has 0 bridgehead atoms. The van der Waals surface area contributed by atoms with Gasteiger partial charge in [0.05, 0.1) is 30.3 Å². The Bertz CT molecular complexity index is 415. The predicted molar refractivity (Wildman–Crippen MR) is 81.6 cm³/mol. The summed E-state index contributed by atoms with van der Waals surface area (Å²) in [5.41, 5.74) is 0. The molecule has 0 unspecified atom stereocenters. The number of thiophene rings is 1. The highest BCUT2D eigenvalue weighted by molar-refractivity contribution is 7.16. The summed E-state index contributed by atoms with van der Waals surface area (Å²) in [5.74, 6) is 0. The van der Waals surface area contributed by atoms with E-state index in [0.717, 1.165) is 63.4 Å². The summed E-state index contributed by atoms with van der Waals surface area (Å²) in [6, 6.07) is 4.12. The molecule has 0 radical (unpaired) electrons. The van der Waals surface area contributed by atoms with Crippen LogP contribution in [0.3, 0.4) is 0 Å². The molecule has 1 aromatic heterocycles. The lowest BCUT2D eigenvalue weighted by Gasteiger charge is -2.36. The summed E-state index contributed by atoms with van der Waals surface area (Å²) in [5, 5.41) is 0. The second-order valence-electron chi connectivity index (χ2n) is 5.35. The highest BCUT2D eigenvalue weighted by atomic mass is 35.5. The molecule has 0 aliphatic carbocycles. The first kappa shape index (κ1) is 14.8. The highest BCUT2D eigenvalue weighted by Gasteiger charge is 2.22. The second kappa shape index (κ2) is 7.20. The summed E-state index contributed by atoms with van der Waals surface area (Å²) in [6.07, 6.45) is 0.256. The van der Waals surface area contributed by atoms with E-state index in [0.29, 0.717) is 0 Å². The minimum atomic E-state index is 0.256. The van der Waals surface area contributed by atoms with Gasteiger partial charge >= 0.3 is 0 Å². The zero-order valence-corrected chi connectivity index (χ0v) is 13.2. The van der Waals surface area contributed by atoms with Gasteiger partial charge in [-0.2, -0.15) is 0 Å². The van der Waals surface area contributed by atoms with Gasteiger partial charge in [0.25, 0.3) is 0 Å². The van der Waals surface area contributed by atoms with Crippen LogP contribution >= 0.6 is 22.9 Å². The average Bonchev–Trinajstić information content (AvgIpc) is 2.88. The van der Waals surface area contributed by atoms with Crippen LogP contribution in [0.1, 0.15) is 4.88 Å². The van der Waals surface area contributed by atoms with Gasteiger partial charge in [-0.05, 0) is 12.1 Å². The quantitative estimate of drug-likeness (QED) is 0.847. The zero-order valence-electron chi connectivity index (χ0n) is 11.6. The van der Waals surface area contributed by atoms with E-state index in [1.54, 1.807) is 11.3 Å². The van der Waals surface area contributed by atoms with Crippen molar-refractivity contribution in [2.45, 2.75) is 12.6 Å². The molecule has 3 heterocycles. The van der Waals surface area contributed by atoms with Gasteiger partial charge in [-0.15, -0.1) is 11.3 Å². The third kappa shape index (κ3) is 4.16. The zero-order chi connectivity index (χ0) is 13.8. The Kier molecular flexibility index (Phi) is 5.31. The van der Waals surface area contributed by atoms with Gasteiger partial charge < -0.3 is 9.47 Å². The molecule has 3 rings (SSSR count). The van der Waals surface area contributed by atoms with Crippen LogP contribution in [-0.2, 0) is 16.0 Å². The Morgan fingerprint density at radius 2 is 1.95 bits per heavy atom. The lowest BCUT2D eigenvalue weighted by atomic mass is 10.2. The molecule has 0 saturated carbocycles. The number of hydrogen-bond donors (Lipinski definition) is 0. The van der Waals surface area contributed by atoms with Crippen molar-refractivity contribution >= 4 is 22.9 Å². The normalized spacial score (nSPS) is 25.9. The van der Waals surface area contributed by atoms with E-state index in [2.05, 4.69) is 15.9 Å². The van der Waals surface area contributed by atoms with Gasteiger partial charge in [-0.1, -0.05) is 11.6 Å². The first-order chi connectivity index (χ1) is 9.79. The Balaban J connectivity index is 1.40. The van der Waals surface area contributed by atoms with Crippen LogP contribution in [0.25, 0.3) is 0 Å². The van der Waals surface area contributed by atoms with Crippen LogP contribution in [0.4, 0.5) is 0 Å². The van der Waals surface area contributed by atoms with E-state index >= 15 is 0 Å². The fourth-order valence-electron chi connectivity index (χ4n) is 2.72. The molecule has 1 atom stereocenters. The molecule has 2 aliphatic rings. The molecule has 0 amide bonds. The third-order valence-corrected chi connectivity index (χ3v) is 5.04. The van der Waals surface area contributed by atoms with E-state index in [4.69, 9.17) is 21.1 Å². The highest BCUT2D eigenvalue weighted by Crippen LogP contribution is 2.23. The molecular weight excluding hydrogens is 296 g/mol. The van der Waals surface area contributed by atoms with Gasteiger partial charge in [0, 0.05) is 44.1 Å². The summed E-state index contributed by atoms with van der Waals surface area (Å²) in [4.78, 5) is 6.33. The Labute approximate surface area is 129 Å². The van der Waals surface area contributed by atoms with E-state index < -0.39 is 0 Å². The van der Waals surface area contributed by atoms with Crippen LogP contribution in [0.15, 0.2) is 12.1 Å². The fraction of sp³-hybridized carbons (Fsp3) is 0.714. The van der Waals surface area contributed by atoms with Gasteiger partial charge in [0.15, 0.2) is 0 Å². The molecule has 6 heteroatoms. The number of nitrogens with zero attached hydrogens (tertiary/aromatic N) is 2. The van der Waals surface area contributed by atoms with Gasteiger partial charge in [0.2, 0.25) is 0 Å². The van der Waals surface area contributed by atoms with Crippen LogP contribution in [-0.4, -0.2) is 68.4 Å². The average molecular weight is 317 g/mol. The van der Waals surface area contributed by atoms with Crippen molar-refractivity contribution in [3.63, 3.8) is 0 Å². The van der Waals surface area contributed by atoms with E-state index in [9.17, 15) is 0 Å². The van der Waals surface area contributed by atoms with Crippen molar-refractivity contribution in [1.29, 1.82) is 0 Å². The van der Waals surface area contributed by atoms with E-state index in [1.165, 1.54) is 4.88 Å². The summed E-state index contributed by atoms with van der Waals surface area (Å²) < 4.78 is 12.0. The van der Waals surface area contributed by atoms with Crippen molar-refractivity contribution in [3.8, 4) is 0 Å². The fourth-order valence-corrected chi connectivity index (χ4v) is 3.85. The molecule has 2 fully saturated rings. The monoisotopic (exact) mass is 316 g/mol. The lowest BCUT2D eigenvalue weighted by molar-refractivity contribution is -0.1000. The maximum Gasteiger partial charge on any atom is 0.0936 e. The van der Waals surface area contributed by atoms with Crippen molar-refractivity contribution in [1.82, 2.24) is 9.80 Å². The molecule has 0 aromatic carbocycles. The van der Waals surface area contributed by atoms with Crippen LogP contribution in [0, 0.1) is 0 Å². The number of hydrogen-bond acceptors (Lipinski definition) is 5. The molecule has 0 spiro atoms. The summed E-state index contributed by atoms with van der Waals surface area (Å²) in [7, 11) is 0. The number of halogens is 1. The van der Waals surface area contributed by atoms with E-state index in [1.807, 2.05) is 6.07 Å². The standard InChI is InChI=1S/C14H21ClN2O2S/c15-14-2-1-13(20-14)10-17-5-3-16(4-6-17)9-12-11-18-7-8-19-12/h1-2,12H,3-11H2/t12-/m0/s1. The molecule has 0 N–H and O–H groups in total. The van der Waals surface area contributed by atoms with Crippen molar-refractivity contribution in [3.05, 3.63) is 21.3 Å². The molecule has 1 aromatic rings. The maximum atomic E-state index is 5.98. The largest absolute Gasteiger partial charge is 0.376 e. The SMILES string of the molecule is Clc1ccc(CN2CCN(C[C@H]3COCCO3)CC2)s1. The third-order valence-electron chi connectivity index (χ3n) is 3.82. The van der Waals surface area contributed by atoms with Crippen LogP contribution in [0.2, 0.25) is 4.34 Å². The molecule has 2 aliphatic heterocycles. The number of rotatable bonds is 4. The molecule has 4 nitrogen and oxygen atoms in total. The first-order valence-corrected chi connectivity index (χ1v) is 8.37. The van der Waals surface area contributed by atoms with E-state index in [-0.39, 0.29) is 6.10 Å².